The molecule has 1 aromatic carbocycles. The number of hydrogen-bond acceptors (Lipinski definition) is 5. The molecule has 2 aromatic rings. The Morgan fingerprint density at radius 2 is 1.85 bits per heavy atom. The summed E-state index contributed by atoms with van der Waals surface area (Å²) in [5.74, 6) is 1.05. The van der Waals surface area contributed by atoms with Gasteiger partial charge in [-0.05, 0) is 31.7 Å². The van der Waals surface area contributed by atoms with Gasteiger partial charge < -0.3 is 15.1 Å². The Bertz CT molecular complexity index is 806. The predicted octanol–water partition coefficient (Wildman–Crippen LogP) is 3.49. The minimum Gasteiger partial charge on any atom is -0.354 e. The summed E-state index contributed by atoms with van der Waals surface area (Å²) in [5.41, 5.74) is 0.898. The van der Waals surface area contributed by atoms with Gasteiger partial charge in [-0.3, -0.25) is 4.79 Å². The Kier molecular flexibility index (Phi) is 5.96. The van der Waals surface area contributed by atoms with Crippen LogP contribution in [0.5, 0.6) is 0 Å². The molecule has 6 nitrogen and oxygen atoms in total. The minimum atomic E-state index is -0.303. The molecule has 138 valence electrons. The number of carbonyl (C=O) groups excluding carboxylic acids is 1. The number of likely N-dealkylation sites (N-methyl/N-ethyl adjacent to an activating group) is 1. The molecule has 26 heavy (non-hydrogen) atoms. The maximum Gasteiger partial charge on any atom is 0.274 e. The van der Waals surface area contributed by atoms with E-state index in [2.05, 4.69) is 32.0 Å². The molecule has 0 atom stereocenters. The molecular formula is C18H21Cl2N5O. The topological polar surface area (TPSA) is 61.4 Å². The molecule has 1 fully saturated rings. The molecule has 0 radical (unpaired) electrons. The van der Waals surface area contributed by atoms with Crippen molar-refractivity contribution >= 4 is 40.6 Å². The molecule has 8 heteroatoms. The maximum atomic E-state index is 12.6. The number of hydrogen-bond donors (Lipinski definition) is 1. The van der Waals surface area contributed by atoms with Crippen LogP contribution in [0.25, 0.3) is 0 Å². The maximum absolute atomic E-state index is 12.6. The minimum absolute atomic E-state index is 0.303. The highest BCUT2D eigenvalue weighted by Crippen LogP contribution is 2.25. The third-order valence-corrected chi connectivity index (χ3v) is 5.12. The van der Waals surface area contributed by atoms with Crippen molar-refractivity contribution in [2.24, 2.45) is 0 Å². The van der Waals surface area contributed by atoms with Gasteiger partial charge in [-0.25, -0.2) is 9.97 Å². The molecule has 1 aromatic heterocycles. The molecule has 0 unspecified atom stereocenters. The van der Waals surface area contributed by atoms with E-state index in [1.807, 2.05) is 0 Å². The monoisotopic (exact) mass is 393 g/mol. The van der Waals surface area contributed by atoms with Gasteiger partial charge >= 0.3 is 0 Å². The molecule has 1 N–H and O–H groups in total. The normalized spacial score (nSPS) is 15.2. The Morgan fingerprint density at radius 3 is 2.50 bits per heavy atom. The van der Waals surface area contributed by atoms with Crippen LogP contribution in [0.2, 0.25) is 10.0 Å². The first-order valence-corrected chi connectivity index (χ1v) is 9.31. The van der Waals surface area contributed by atoms with Crippen molar-refractivity contribution in [2.45, 2.75) is 13.8 Å². The van der Waals surface area contributed by atoms with Crippen LogP contribution in [-0.4, -0.2) is 53.5 Å². The fourth-order valence-corrected chi connectivity index (χ4v) is 3.19. The summed E-state index contributed by atoms with van der Waals surface area (Å²) in [6.45, 7) is 8.76. The van der Waals surface area contributed by atoms with Gasteiger partial charge in [0.05, 0.1) is 10.0 Å². The third kappa shape index (κ3) is 4.44. The van der Waals surface area contributed by atoms with Gasteiger partial charge in [0.25, 0.3) is 5.91 Å². The largest absolute Gasteiger partial charge is 0.354 e. The van der Waals surface area contributed by atoms with Crippen LogP contribution >= 0.6 is 23.2 Å². The van der Waals surface area contributed by atoms with E-state index in [0.717, 1.165) is 38.5 Å². The van der Waals surface area contributed by atoms with E-state index in [1.165, 1.54) is 0 Å². The molecular weight excluding hydrogens is 373 g/mol. The first-order chi connectivity index (χ1) is 12.5. The van der Waals surface area contributed by atoms with Gasteiger partial charge in [-0.15, -0.1) is 0 Å². The van der Waals surface area contributed by atoms with Crippen LogP contribution in [0.3, 0.4) is 0 Å². The number of aromatic nitrogens is 2. The SMILES string of the molecule is CCN1CCN(c2cc(C(=O)Nc3ccc(Cl)c(Cl)c3)nc(C)n2)CC1. The molecule has 1 amide bonds. The highest BCUT2D eigenvalue weighted by atomic mass is 35.5. The summed E-state index contributed by atoms with van der Waals surface area (Å²) in [6, 6.07) is 6.69. The van der Waals surface area contributed by atoms with Crippen LogP contribution in [0.4, 0.5) is 11.5 Å². The zero-order valence-electron chi connectivity index (χ0n) is 14.8. The van der Waals surface area contributed by atoms with Gasteiger partial charge in [-0.1, -0.05) is 30.1 Å². The zero-order valence-corrected chi connectivity index (χ0v) is 16.3. The number of nitrogens with one attached hydrogen (secondary N) is 1. The lowest BCUT2D eigenvalue weighted by molar-refractivity contribution is 0.102. The van der Waals surface area contributed by atoms with Crippen molar-refractivity contribution in [3.8, 4) is 0 Å². The van der Waals surface area contributed by atoms with Gasteiger partial charge in [-0.2, -0.15) is 0 Å². The van der Waals surface area contributed by atoms with E-state index in [1.54, 1.807) is 31.2 Å². The summed E-state index contributed by atoms with van der Waals surface area (Å²) in [5, 5.41) is 3.63. The van der Waals surface area contributed by atoms with E-state index in [4.69, 9.17) is 23.2 Å². The number of halogens is 2. The molecule has 1 saturated heterocycles. The number of nitrogens with zero attached hydrogens (tertiary/aromatic N) is 4. The van der Waals surface area contributed by atoms with Gasteiger partial charge in [0.1, 0.15) is 17.3 Å². The number of aryl methyl sites for hydroxylation is 1. The standard InChI is InChI=1S/C18H21Cl2N5O/c1-3-24-6-8-25(9-7-24)17-11-16(21-12(2)22-17)18(26)23-13-4-5-14(19)15(20)10-13/h4-5,10-11H,3,6-9H2,1-2H3,(H,23,26). The summed E-state index contributed by atoms with van der Waals surface area (Å²) < 4.78 is 0. The number of carbonyl (C=O) groups is 1. The van der Waals surface area contributed by atoms with Gasteiger partial charge in [0, 0.05) is 37.9 Å². The Balaban J connectivity index is 1.76. The van der Waals surface area contributed by atoms with E-state index in [9.17, 15) is 4.79 Å². The van der Waals surface area contributed by atoms with Crippen molar-refractivity contribution in [2.75, 3.05) is 42.9 Å². The lowest BCUT2D eigenvalue weighted by Crippen LogP contribution is -2.46. The van der Waals surface area contributed by atoms with E-state index in [0.29, 0.717) is 27.3 Å². The highest BCUT2D eigenvalue weighted by Gasteiger charge is 2.19. The van der Waals surface area contributed by atoms with Crippen LogP contribution in [-0.2, 0) is 0 Å². The fraction of sp³-hybridized carbons (Fsp3) is 0.389. The second-order valence-electron chi connectivity index (χ2n) is 6.16. The second-order valence-corrected chi connectivity index (χ2v) is 6.98. The quantitative estimate of drug-likeness (QED) is 0.861. The molecule has 1 aliphatic heterocycles. The van der Waals surface area contributed by atoms with Crippen molar-refractivity contribution in [1.82, 2.24) is 14.9 Å². The Hall–Kier alpha value is -1.89. The molecule has 0 spiro atoms. The third-order valence-electron chi connectivity index (χ3n) is 4.38. The van der Waals surface area contributed by atoms with Crippen LogP contribution in [0.1, 0.15) is 23.2 Å². The summed E-state index contributed by atoms with van der Waals surface area (Å²) >= 11 is 11.9. The molecule has 0 saturated carbocycles. The lowest BCUT2D eigenvalue weighted by atomic mass is 10.2. The number of benzene rings is 1. The molecule has 0 aliphatic carbocycles. The molecule has 0 bridgehead atoms. The second kappa shape index (κ2) is 8.20. The molecule has 3 rings (SSSR count). The highest BCUT2D eigenvalue weighted by molar-refractivity contribution is 6.42. The molecule has 1 aliphatic rings. The van der Waals surface area contributed by atoms with Crippen molar-refractivity contribution in [3.63, 3.8) is 0 Å². The Morgan fingerprint density at radius 1 is 1.12 bits per heavy atom. The van der Waals surface area contributed by atoms with Crippen LogP contribution in [0.15, 0.2) is 24.3 Å². The van der Waals surface area contributed by atoms with Gasteiger partial charge in [0.15, 0.2) is 0 Å². The first kappa shape index (κ1) is 18.9. The van der Waals surface area contributed by atoms with E-state index < -0.39 is 0 Å². The first-order valence-electron chi connectivity index (χ1n) is 8.55. The fourth-order valence-electron chi connectivity index (χ4n) is 2.89. The van der Waals surface area contributed by atoms with Crippen molar-refractivity contribution < 1.29 is 4.79 Å². The number of piperazine rings is 1. The summed E-state index contributed by atoms with van der Waals surface area (Å²) in [7, 11) is 0. The van der Waals surface area contributed by atoms with E-state index >= 15 is 0 Å². The average Bonchev–Trinajstić information content (AvgIpc) is 2.64. The predicted molar refractivity (Wildman–Crippen MR) is 106 cm³/mol. The number of amides is 1. The lowest BCUT2D eigenvalue weighted by Gasteiger charge is -2.34. The smallest absolute Gasteiger partial charge is 0.274 e. The van der Waals surface area contributed by atoms with Gasteiger partial charge in [0.2, 0.25) is 0 Å². The van der Waals surface area contributed by atoms with Crippen molar-refractivity contribution in [3.05, 3.63) is 45.8 Å². The zero-order chi connectivity index (χ0) is 18.7. The molecule has 2 heterocycles. The summed E-state index contributed by atoms with van der Waals surface area (Å²) in [6.07, 6.45) is 0. The van der Waals surface area contributed by atoms with Crippen LogP contribution in [0, 0.1) is 6.92 Å². The summed E-state index contributed by atoms with van der Waals surface area (Å²) in [4.78, 5) is 26.0. The van der Waals surface area contributed by atoms with Crippen LogP contribution < -0.4 is 10.2 Å². The number of anilines is 2. The Labute approximate surface area is 163 Å². The average molecular weight is 394 g/mol. The number of rotatable bonds is 4. The van der Waals surface area contributed by atoms with Crippen molar-refractivity contribution in [1.29, 1.82) is 0 Å². The van der Waals surface area contributed by atoms with E-state index in [-0.39, 0.29) is 5.91 Å².